The molecule has 1 atom stereocenters. The van der Waals surface area contributed by atoms with Crippen LogP contribution in [-0.2, 0) is 20.0 Å². The van der Waals surface area contributed by atoms with Gasteiger partial charge >= 0.3 is 0 Å². The van der Waals surface area contributed by atoms with Gasteiger partial charge in [-0.1, -0.05) is 18.6 Å². The Labute approximate surface area is 211 Å². The van der Waals surface area contributed by atoms with Crippen LogP contribution in [0.4, 0.5) is 5.95 Å². The normalized spacial score (nSPS) is 15.4. The number of likely N-dealkylation sites (tertiary alicyclic amines) is 1. The van der Waals surface area contributed by atoms with Crippen molar-refractivity contribution in [3.63, 3.8) is 0 Å². The minimum absolute atomic E-state index is 0.169. The molecule has 2 heterocycles. The smallest absolute Gasteiger partial charge is 0.274 e. The lowest BCUT2D eigenvalue weighted by Crippen LogP contribution is -2.29. The number of aliphatic hydroxyl groups is 1. The fraction of sp³-hybridized carbons (Fsp3) is 0.583. The van der Waals surface area contributed by atoms with Crippen molar-refractivity contribution < 1.29 is 14.8 Å². The summed E-state index contributed by atoms with van der Waals surface area (Å²) >= 11 is 0. The number of hydrogen-bond donors (Lipinski definition) is 4. The molecule has 36 heavy (non-hydrogen) atoms. The van der Waals surface area contributed by atoms with Crippen molar-refractivity contribution in [2.75, 3.05) is 45.2 Å². The Balaban J connectivity index is 1.38. The number of ether oxygens (including phenoxy) is 1. The summed E-state index contributed by atoms with van der Waals surface area (Å²) in [6.45, 7) is 4.21. The fourth-order valence-electron chi connectivity index (χ4n) is 4.04. The second-order valence-corrected chi connectivity index (χ2v) is 8.91. The summed E-state index contributed by atoms with van der Waals surface area (Å²) in [4.78, 5) is 17.0. The van der Waals surface area contributed by atoms with Gasteiger partial charge in [-0.15, -0.1) is 0 Å². The quantitative estimate of drug-likeness (QED) is 0.161. The number of nitro groups is 1. The molecular formula is C24H38N8O4. The molecule has 0 radical (unpaired) electrons. The van der Waals surface area contributed by atoms with Gasteiger partial charge in [-0.2, -0.15) is 10.1 Å². The van der Waals surface area contributed by atoms with Gasteiger partial charge in [0.2, 0.25) is 5.95 Å². The average molecular weight is 503 g/mol. The van der Waals surface area contributed by atoms with Gasteiger partial charge in [-0.05, 0) is 50.0 Å². The summed E-state index contributed by atoms with van der Waals surface area (Å²) in [5.41, 5.74) is 1.22. The fourth-order valence-corrected chi connectivity index (χ4v) is 4.04. The number of piperidine rings is 1. The van der Waals surface area contributed by atoms with E-state index in [4.69, 9.17) is 4.74 Å². The summed E-state index contributed by atoms with van der Waals surface area (Å²) in [5, 5.41) is 34.2. The molecule has 12 heteroatoms. The van der Waals surface area contributed by atoms with Crippen LogP contribution >= 0.6 is 0 Å². The number of nitrogens with one attached hydrogen (secondary N) is 3. The Morgan fingerprint density at radius 1 is 1.33 bits per heavy atom. The van der Waals surface area contributed by atoms with Crippen LogP contribution in [0.3, 0.4) is 0 Å². The van der Waals surface area contributed by atoms with Crippen molar-refractivity contribution >= 4 is 5.95 Å². The topological polar surface area (TPSA) is 143 Å². The Morgan fingerprint density at radius 2 is 2.14 bits per heavy atom. The van der Waals surface area contributed by atoms with Crippen LogP contribution in [0.2, 0.25) is 0 Å². The average Bonchev–Trinajstić information content (AvgIpc) is 3.23. The van der Waals surface area contributed by atoms with E-state index in [0.717, 1.165) is 31.6 Å². The number of rotatable bonds is 15. The van der Waals surface area contributed by atoms with Gasteiger partial charge in [-0.3, -0.25) is 15.0 Å². The number of aromatic nitrogens is 3. The minimum Gasteiger partial charge on any atom is -0.491 e. The Kier molecular flexibility index (Phi) is 10.8. The van der Waals surface area contributed by atoms with Gasteiger partial charge in [0.1, 0.15) is 18.5 Å². The van der Waals surface area contributed by atoms with Gasteiger partial charge in [0, 0.05) is 40.2 Å². The first kappa shape index (κ1) is 27.2. The molecule has 0 amide bonds. The molecule has 0 bridgehead atoms. The van der Waals surface area contributed by atoms with Gasteiger partial charge in [0.05, 0.1) is 4.92 Å². The molecular weight excluding hydrogens is 464 g/mol. The summed E-state index contributed by atoms with van der Waals surface area (Å²) in [5.74, 6) is 2.32. The van der Waals surface area contributed by atoms with Crippen molar-refractivity contribution in [1.82, 2.24) is 30.3 Å². The first-order chi connectivity index (χ1) is 17.4. The third-order valence-corrected chi connectivity index (χ3v) is 5.89. The van der Waals surface area contributed by atoms with E-state index in [2.05, 4.69) is 37.0 Å². The van der Waals surface area contributed by atoms with E-state index < -0.39 is 11.0 Å². The maximum Gasteiger partial charge on any atom is 0.274 e. The van der Waals surface area contributed by atoms with Gasteiger partial charge < -0.3 is 25.8 Å². The second-order valence-electron chi connectivity index (χ2n) is 8.91. The predicted molar refractivity (Wildman–Crippen MR) is 137 cm³/mol. The summed E-state index contributed by atoms with van der Waals surface area (Å²) in [6.07, 6.45) is 5.34. The zero-order chi connectivity index (χ0) is 25.8. The maximum absolute atomic E-state index is 10.6. The number of benzene rings is 1. The third-order valence-electron chi connectivity index (χ3n) is 5.89. The Morgan fingerprint density at radius 3 is 2.89 bits per heavy atom. The van der Waals surface area contributed by atoms with Crippen LogP contribution in [0.1, 0.15) is 37.1 Å². The van der Waals surface area contributed by atoms with Crippen LogP contribution in [0.5, 0.6) is 5.75 Å². The van der Waals surface area contributed by atoms with E-state index in [-0.39, 0.29) is 13.2 Å². The van der Waals surface area contributed by atoms with Crippen LogP contribution in [0.25, 0.3) is 0 Å². The maximum atomic E-state index is 10.6. The monoisotopic (exact) mass is 502 g/mol. The van der Waals surface area contributed by atoms with Crippen LogP contribution in [0, 0.1) is 10.1 Å². The molecule has 1 unspecified atom stereocenters. The zero-order valence-corrected chi connectivity index (χ0v) is 21.2. The Hall–Kier alpha value is -3.38. The second kappa shape index (κ2) is 14.2. The number of anilines is 1. The van der Waals surface area contributed by atoms with Crippen molar-refractivity contribution in [1.29, 1.82) is 0 Å². The van der Waals surface area contributed by atoms with Crippen LogP contribution in [-0.4, -0.2) is 75.6 Å². The standard InChI is InChI=1S/C24H38N8O4/c1-25-23(17-32(34)35)26-11-7-10-22-28-24(30(2)29-22)27-15-20(33)18-36-21-9-6-8-19(14-21)16-31-12-4-3-5-13-31/h6,8-9,14,17,20,25-26,33H,3-5,7,10-13,15-16,18H2,1-2H3,(H,27,28,29)/b23-17+. The summed E-state index contributed by atoms with van der Waals surface area (Å²) in [6, 6.07) is 8.07. The molecule has 1 aliphatic rings. The molecule has 12 nitrogen and oxygen atoms in total. The first-order valence-corrected chi connectivity index (χ1v) is 12.5. The molecule has 1 aromatic carbocycles. The third kappa shape index (κ3) is 9.34. The Bertz CT molecular complexity index is 990. The molecule has 3 rings (SSSR count). The number of aliphatic hydroxyl groups excluding tert-OH is 1. The largest absolute Gasteiger partial charge is 0.491 e. The molecule has 1 fully saturated rings. The zero-order valence-electron chi connectivity index (χ0n) is 21.2. The highest BCUT2D eigenvalue weighted by molar-refractivity contribution is 5.29. The van der Waals surface area contributed by atoms with Crippen LogP contribution < -0.4 is 20.7 Å². The van der Waals surface area contributed by atoms with Crippen molar-refractivity contribution in [2.24, 2.45) is 7.05 Å². The summed E-state index contributed by atoms with van der Waals surface area (Å²) in [7, 11) is 3.40. The molecule has 0 spiro atoms. The van der Waals surface area contributed by atoms with Gasteiger partial charge in [0.15, 0.2) is 11.6 Å². The lowest BCUT2D eigenvalue weighted by molar-refractivity contribution is -0.404. The highest BCUT2D eigenvalue weighted by atomic mass is 16.6. The SMILES string of the molecule is CN/C(=C\[N+](=O)[O-])NCCCc1nc(NCC(O)COc2cccc(CN3CCCCC3)c2)n(C)n1. The highest BCUT2D eigenvalue weighted by Gasteiger charge is 2.13. The molecule has 2 aromatic rings. The molecule has 1 saturated heterocycles. The van der Waals surface area contributed by atoms with Crippen molar-refractivity contribution in [2.45, 2.75) is 44.8 Å². The molecule has 1 aromatic heterocycles. The predicted octanol–water partition coefficient (Wildman–Crippen LogP) is 1.47. The molecule has 1 aliphatic heterocycles. The molecule has 0 aliphatic carbocycles. The van der Waals surface area contributed by atoms with E-state index >= 15 is 0 Å². The van der Waals surface area contributed by atoms with Crippen molar-refractivity contribution in [3.8, 4) is 5.75 Å². The lowest BCUT2D eigenvalue weighted by atomic mass is 10.1. The molecule has 0 saturated carbocycles. The van der Waals surface area contributed by atoms with E-state index in [1.54, 1.807) is 18.8 Å². The van der Waals surface area contributed by atoms with E-state index in [9.17, 15) is 15.2 Å². The first-order valence-electron chi connectivity index (χ1n) is 12.5. The summed E-state index contributed by atoms with van der Waals surface area (Å²) < 4.78 is 7.46. The lowest BCUT2D eigenvalue weighted by Gasteiger charge is -2.26. The van der Waals surface area contributed by atoms with Gasteiger partial charge in [-0.25, -0.2) is 4.68 Å². The molecule has 4 N–H and O–H groups in total. The highest BCUT2D eigenvalue weighted by Crippen LogP contribution is 2.18. The molecule has 198 valence electrons. The van der Waals surface area contributed by atoms with E-state index in [0.29, 0.717) is 37.0 Å². The van der Waals surface area contributed by atoms with E-state index in [1.165, 1.54) is 24.8 Å². The van der Waals surface area contributed by atoms with Crippen LogP contribution in [0.15, 0.2) is 36.3 Å². The van der Waals surface area contributed by atoms with Gasteiger partial charge in [0.25, 0.3) is 6.20 Å². The number of aryl methyl sites for hydroxylation is 2. The minimum atomic E-state index is -0.714. The number of hydrogen-bond acceptors (Lipinski definition) is 10. The van der Waals surface area contributed by atoms with Crippen molar-refractivity contribution in [3.05, 3.63) is 57.8 Å². The van der Waals surface area contributed by atoms with E-state index in [1.807, 2.05) is 18.2 Å². The number of nitrogens with zero attached hydrogens (tertiary/aromatic N) is 5.